The predicted molar refractivity (Wildman–Crippen MR) is 72.1 cm³/mol. The van der Waals surface area contributed by atoms with E-state index in [1.54, 1.807) is 6.08 Å². The lowest BCUT2D eigenvalue weighted by molar-refractivity contribution is -0.145. The van der Waals surface area contributed by atoms with E-state index in [1.165, 1.54) is 11.8 Å². The van der Waals surface area contributed by atoms with Crippen molar-refractivity contribution in [1.82, 2.24) is 0 Å². The van der Waals surface area contributed by atoms with Crippen molar-refractivity contribution in [3.05, 3.63) is 42.0 Å². The fraction of sp³-hybridized carbons (Fsp3) is 0.400. The first-order valence-electron chi connectivity index (χ1n) is 6.53. The number of morpholine rings is 1. The van der Waals surface area contributed by atoms with Crippen LogP contribution in [0.25, 0.3) is 0 Å². The van der Waals surface area contributed by atoms with Gasteiger partial charge in [0.05, 0.1) is 13.2 Å². The largest absolute Gasteiger partial charge is 0.447 e. The molecule has 2 aliphatic heterocycles. The highest BCUT2D eigenvalue weighted by Gasteiger charge is 2.32. The highest BCUT2D eigenvalue weighted by Crippen LogP contribution is 2.32. The van der Waals surface area contributed by atoms with Crippen molar-refractivity contribution >= 4 is 11.7 Å². The summed E-state index contributed by atoms with van der Waals surface area (Å²) in [5.74, 6) is -0.278. The van der Waals surface area contributed by atoms with Crippen LogP contribution < -0.4 is 4.90 Å². The Morgan fingerprint density at radius 2 is 1.84 bits per heavy atom. The van der Waals surface area contributed by atoms with Crippen molar-refractivity contribution in [2.75, 3.05) is 31.2 Å². The summed E-state index contributed by atoms with van der Waals surface area (Å²) >= 11 is 0. The minimum Gasteiger partial charge on any atom is -0.447 e. The Balaban J connectivity index is 1.79. The Bertz CT molecular complexity index is 503. The first-order chi connectivity index (χ1) is 9.17. The van der Waals surface area contributed by atoms with Gasteiger partial charge in [-0.25, -0.2) is 4.79 Å². The maximum absolute atomic E-state index is 11.2. The van der Waals surface area contributed by atoms with Crippen LogP contribution in [0.5, 0.6) is 0 Å². The molecule has 0 radical (unpaired) electrons. The Morgan fingerprint density at radius 3 is 2.42 bits per heavy atom. The maximum Gasteiger partial charge on any atom is 0.331 e. The highest BCUT2D eigenvalue weighted by molar-refractivity contribution is 5.85. The number of ether oxygens (including phenoxy) is 2. The fourth-order valence-electron chi connectivity index (χ4n) is 2.48. The summed E-state index contributed by atoms with van der Waals surface area (Å²) in [5, 5.41) is 0. The monoisotopic (exact) mass is 259 g/mol. The van der Waals surface area contributed by atoms with Crippen LogP contribution in [0.2, 0.25) is 0 Å². The first-order valence-corrected chi connectivity index (χ1v) is 6.53. The normalized spacial score (nSPS) is 26.6. The summed E-state index contributed by atoms with van der Waals surface area (Å²) in [6.45, 7) is 5.30. The van der Waals surface area contributed by atoms with E-state index in [-0.39, 0.29) is 5.97 Å². The maximum atomic E-state index is 11.2. The number of esters is 1. The van der Waals surface area contributed by atoms with E-state index < -0.39 is 5.60 Å². The van der Waals surface area contributed by atoms with Crippen molar-refractivity contribution < 1.29 is 14.3 Å². The summed E-state index contributed by atoms with van der Waals surface area (Å²) in [5.41, 5.74) is 1.55. The fourth-order valence-corrected chi connectivity index (χ4v) is 2.48. The number of cyclic esters (lactones) is 1. The van der Waals surface area contributed by atoms with E-state index in [2.05, 4.69) is 17.0 Å². The molecule has 0 saturated carbocycles. The molecule has 3 rings (SSSR count). The van der Waals surface area contributed by atoms with Crippen LogP contribution in [0.3, 0.4) is 0 Å². The molecule has 0 amide bonds. The Morgan fingerprint density at radius 1 is 1.16 bits per heavy atom. The van der Waals surface area contributed by atoms with Crippen molar-refractivity contribution in [3.8, 4) is 0 Å². The summed E-state index contributed by atoms with van der Waals surface area (Å²) in [6.07, 6.45) is 3.29. The minimum absolute atomic E-state index is 0.278. The average Bonchev–Trinajstić information content (AvgIpc) is 2.81. The smallest absolute Gasteiger partial charge is 0.331 e. The molecule has 2 aliphatic rings. The molecule has 4 heteroatoms. The predicted octanol–water partition coefficient (Wildman–Crippen LogP) is 1.85. The minimum atomic E-state index is -0.624. The summed E-state index contributed by atoms with van der Waals surface area (Å²) in [4.78, 5) is 13.5. The zero-order valence-corrected chi connectivity index (χ0v) is 11.0. The lowest BCUT2D eigenvalue weighted by Gasteiger charge is -2.29. The van der Waals surface area contributed by atoms with Gasteiger partial charge in [-0.3, -0.25) is 0 Å². The molecule has 1 fully saturated rings. The molecule has 4 nitrogen and oxygen atoms in total. The molecule has 1 aromatic rings. The van der Waals surface area contributed by atoms with Crippen LogP contribution in [-0.4, -0.2) is 32.3 Å². The number of hydrogen-bond donors (Lipinski definition) is 0. The molecule has 100 valence electrons. The van der Waals surface area contributed by atoms with Gasteiger partial charge in [-0.15, -0.1) is 0 Å². The molecule has 0 bridgehead atoms. The van der Waals surface area contributed by atoms with Crippen LogP contribution in [-0.2, 0) is 19.9 Å². The third kappa shape index (κ3) is 2.36. The van der Waals surface area contributed by atoms with E-state index in [9.17, 15) is 4.79 Å². The van der Waals surface area contributed by atoms with Crippen molar-refractivity contribution in [1.29, 1.82) is 0 Å². The standard InChI is InChI=1S/C15H17NO3/c1-15(7-6-14(17)19-15)12-2-4-13(5-3-12)16-8-10-18-11-9-16/h2-7H,8-11H2,1H3. The van der Waals surface area contributed by atoms with E-state index in [0.717, 1.165) is 31.9 Å². The molecular formula is C15H17NO3. The molecule has 19 heavy (non-hydrogen) atoms. The molecule has 2 heterocycles. The first kappa shape index (κ1) is 12.2. The second-order valence-electron chi connectivity index (χ2n) is 5.01. The van der Waals surface area contributed by atoms with Gasteiger partial charge in [-0.2, -0.15) is 0 Å². The molecule has 1 saturated heterocycles. The van der Waals surface area contributed by atoms with Crippen molar-refractivity contribution in [2.24, 2.45) is 0 Å². The number of hydrogen-bond acceptors (Lipinski definition) is 4. The van der Waals surface area contributed by atoms with Crippen LogP contribution >= 0.6 is 0 Å². The highest BCUT2D eigenvalue weighted by atomic mass is 16.6. The van der Waals surface area contributed by atoms with Crippen LogP contribution in [0.15, 0.2) is 36.4 Å². The molecular weight excluding hydrogens is 242 g/mol. The second-order valence-corrected chi connectivity index (χ2v) is 5.01. The van der Waals surface area contributed by atoms with Gasteiger partial charge in [-0.05, 0) is 30.7 Å². The Labute approximate surface area is 112 Å². The van der Waals surface area contributed by atoms with Gasteiger partial charge < -0.3 is 14.4 Å². The molecule has 0 N–H and O–H groups in total. The number of carbonyl (C=O) groups is 1. The van der Waals surface area contributed by atoms with Crippen LogP contribution in [0.1, 0.15) is 12.5 Å². The zero-order valence-electron chi connectivity index (χ0n) is 11.0. The van der Waals surface area contributed by atoms with E-state index >= 15 is 0 Å². The topological polar surface area (TPSA) is 38.8 Å². The molecule has 0 spiro atoms. The lowest BCUT2D eigenvalue weighted by Crippen LogP contribution is -2.36. The van der Waals surface area contributed by atoms with Crippen molar-refractivity contribution in [3.63, 3.8) is 0 Å². The van der Waals surface area contributed by atoms with E-state index in [1.807, 2.05) is 19.1 Å². The number of benzene rings is 1. The summed E-state index contributed by atoms with van der Waals surface area (Å²) in [6, 6.07) is 8.19. The van der Waals surface area contributed by atoms with Gasteiger partial charge in [0.2, 0.25) is 0 Å². The third-order valence-corrected chi connectivity index (χ3v) is 3.67. The van der Waals surface area contributed by atoms with E-state index in [0.29, 0.717) is 0 Å². The van der Waals surface area contributed by atoms with Crippen molar-refractivity contribution in [2.45, 2.75) is 12.5 Å². The number of nitrogens with zero attached hydrogens (tertiary/aromatic N) is 1. The van der Waals surface area contributed by atoms with Gasteiger partial charge in [0, 0.05) is 24.9 Å². The average molecular weight is 259 g/mol. The molecule has 1 atom stereocenters. The van der Waals surface area contributed by atoms with Crippen LogP contribution in [0, 0.1) is 0 Å². The quantitative estimate of drug-likeness (QED) is 0.760. The van der Waals surface area contributed by atoms with Gasteiger partial charge in [0.15, 0.2) is 5.60 Å². The van der Waals surface area contributed by atoms with Gasteiger partial charge in [-0.1, -0.05) is 12.1 Å². The number of rotatable bonds is 2. The van der Waals surface area contributed by atoms with Crippen LogP contribution in [0.4, 0.5) is 5.69 Å². The summed E-state index contributed by atoms with van der Waals surface area (Å²) in [7, 11) is 0. The molecule has 1 aromatic carbocycles. The molecule has 1 unspecified atom stereocenters. The summed E-state index contributed by atoms with van der Waals surface area (Å²) < 4.78 is 10.7. The molecule has 0 aliphatic carbocycles. The van der Waals surface area contributed by atoms with Gasteiger partial charge in [0.25, 0.3) is 0 Å². The second kappa shape index (κ2) is 4.70. The van der Waals surface area contributed by atoms with Gasteiger partial charge >= 0.3 is 5.97 Å². The Kier molecular flexibility index (Phi) is 3.03. The third-order valence-electron chi connectivity index (χ3n) is 3.67. The Hall–Kier alpha value is -1.81. The van der Waals surface area contributed by atoms with Gasteiger partial charge in [0.1, 0.15) is 0 Å². The SMILES string of the molecule is CC1(c2ccc(N3CCOCC3)cc2)C=CC(=O)O1. The number of anilines is 1. The molecule has 0 aromatic heterocycles. The van der Waals surface area contributed by atoms with E-state index in [4.69, 9.17) is 9.47 Å². The number of carbonyl (C=O) groups excluding carboxylic acids is 1. The lowest BCUT2D eigenvalue weighted by atomic mass is 9.96. The zero-order chi connectivity index (χ0) is 13.3.